The average molecular weight is 100 g/mol. The molecule has 0 fully saturated rings. The number of aldehydes is 1. The van der Waals surface area contributed by atoms with Crippen LogP contribution in [0, 0.1) is 0 Å². The molecule has 0 atom stereocenters. The Kier molecular flexibility index (Phi) is 4.62. The van der Waals surface area contributed by atoms with E-state index in [-0.39, 0.29) is 0 Å². The van der Waals surface area contributed by atoms with E-state index in [0.29, 0.717) is 12.9 Å². The van der Waals surface area contributed by atoms with Gasteiger partial charge in [0.1, 0.15) is 6.29 Å². The van der Waals surface area contributed by atoms with Gasteiger partial charge in [-0.1, -0.05) is 0 Å². The van der Waals surface area contributed by atoms with Crippen molar-refractivity contribution in [1.29, 1.82) is 0 Å². The molecule has 0 aliphatic carbocycles. The summed E-state index contributed by atoms with van der Waals surface area (Å²) in [6, 6.07) is 0. The number of carbonyl (C=O) groups is 1. The molecule has 0 aromatic rings. The Balaban J connectivity index is 2.92. The van der Waals surface area contributed by atoms with Crippen molar-refractivity contribution in [2.45, 2.75) is 6.92 Å². The van der Waals surface area contributed by atoms with Crippen molar-refractivity contribution >= 4 is 6.29 Å². The van der Waals surface area contributed by atoms with Gasteiger partial charge in [0.05, 0.1) is 12.9 Å². The van der Waals surface area contributed by atoms with Gasteiger partial charge >= 0.3 is 0 Å². The third kappa shape index (κ3) is 5.21. The first kappa shape index (κ1) is 6.21. The van der Waals surface area contributed by atoms with Crippen molar-refractivity contribution in [3.8, 4) is 0 Å². The molecular weight excluding hydrogens is 92.1 g/mol. The van der Waals surface area contributed by atoms with E-state index in [1.165, 1.54) is 12.3 Å². The predicted molar refractivity (Wildman–Crippen MR) is 26.8 cm³/mol. The summed E-state index contributed by atoms with van der Waals surface area (Å²) in [6.45, 7) is 2.47. The summed E-state index contributed by atoms with van der Waals surface area (Å²) in [5.74, 6) is 0. The molecule has 0 spiro atoms. The molecule has 0 aromatic heterocycles. The fourth-order valence-electron chi connectivity index (χ4n) is 0.184. The molecule has 0 radical (unpaired) electrons. The standard InChI is InChI=1S/C5H8O2/c1-2-7-5-3-4-6/h3-5H,2H2,1H3. The molecule has 0 heterocycles. The van der Waals surface area contributed by atoms with E-state index >= 15 is 0 Å². The van der Waals surface area contributed by atoms with Crippen LogP contribution in [0.25, 0.3) is 0 Å². The van der Waals surface area contributed by atoms with Crippen molar-refractivity contribution < 1.29 is 9.53 Å². The van der Waals surface area contributed by atoms with Gasteiger partial charge in [-0.25, -0.2) is 0 Å². The minimum Gasteiger partial charge on any atom is -0.501 e. The Morgan fingerprint density at radius 1 is 1.71 bits per heavy atom. The molecule has 0 aliphatic rings. The molecule has 0 aliphatic heterocycles. The lowest BCUT2D eigenvalue weighted by molar-refractivity contribution is -0.104. The molecule has 2 heteroatoms. The average Bonchev–Trinajstić information content (AvgIpc) is 1.69. The molecule has 0 rings (SSSR count). The molecule has 40 valence electrons. The minimum atomic E-state index is 0.615. The molecule has 0 N–H and O–H groups in total. The fraction of sp³-hybridized carbons (Fsp3) is 0.400. The van der Waals surface area contributed by atoms with Crippen LogP contribution in [0.3, 0.4) is 0 Å². The van der Waals surface area contributed by atoms with E-state index in [2.05, 4.69) is 4.74 Å². The summed E-state index contributed by atoms with van der Waals surface area (Å²) in [5.41, 5.74) is 0. The molecular formula is C5H8O2. The van der Waals surface area contributed by atoms with E-state index in [9.17, 15) is 4.79 Å². The van der Waals surface area contributed by atoms with Crippen LogP contribution >= 0.6 is 0 Å². The van der Waals surface area contributed by atoms with Crippen molar-refractivity contribution in [3.05, 3.63) is 12.3 Å². The zero-order valence-corrected chi connectivity index (χ0v) is 4.26. The van der Waals surface area contributed by atoms with Gasteiger partial charge in [0.25, 0.3) is 0 Å². The molecule has 0 amide bonds. The first-order valence-electron chi connectivity index (χ1n) is 2.13. The van der Waals surface area contributed by atoms with Gasteiger partial charge in [-0.2, -0.15) is 0 Å². The zero-order valence-electron chi connectivity index (χ0n) is 4.26. The van der Waals surface area contributed by atoms with Crippen molar-refractivity contribution in [2.75, 3.05) is 6.61 Å². The predicted octanol–water partition coefficient (Wildman–Crippen LogP) is 0.736. The third-order valence-corrected chi connectivity index (χ3v) is 0.420. The maximum Gasteiger partial charge on any atom is 0.145 e. The van der Waals surface area contributed by atoms with Crippen LogP contribution in [0.15, 0.2) is 12.3 Å². The van der Waals surface area contributed by atoms with Crippen molar-refractivity contribution in [1.82, 2.24) is 0 Å². The van der Waals surface area contributed by atoms with E-state index < -0.39 is 0 Å². The maximum atomic E-state index is 9.51. The third-order valence-electron chi connectivity index (χ3n) is 0.420. The first-order chi connectivity index (χ1) is 3.41. The lowest BCUT2D eigenvalue weighted by atomic mass is 10.7. The summed E-state index contributed by atoms with van der Waals surface area (Å²) < 4.78 is 4.66. The van der Waals surface area contributed by atoms with Gasteiger partial charge < -0.3 is 4.74 Å². The van der Waals surface area contributed by atoms with Gasteiger partial charge in [0, 0.05) is 6.08 Å². The Hall–Kier alpha value is -0.790. The van der Waals surface area contributed by atoms with E-state index in [1.807, 2.05) is 6.92 Å². The van der Waals surface area contributed by atoms with Gasteiger partial charge in [0.2, 0.25) is 0 Å². The van der Waals surface area contributed by atoms with Crippen LogP contribution in [0.4, 0.5) is 0 Å². The molecule has 0 aromatic carbocycles. The van der Waals surface area contributed by atoms with Crippen LogP contribution in [0.1, 0.15) is 6.92 Å². The molecule has 0 bridgehead atoms. The summed E-state index contributed by atoms with van der Waals surface area (Å²) in [4.78, 5) is 9.51. The summed E-state index contributed by atoms with van der Waals surface area (Å²) in [6.07, 6.45) is 3.35. The van der Waals surface area contributed by atoms with E-state index in [0.717, 1.165) is 0 Å². The highest BCUT2D eigenvalue weighted by Crippen LogP contribution is 1.70. The number of hydrogen-bond acceptors (Lipinski definition) is 2. The number of hydrogen-bond donors (Lipinski definition) is 0. The SMILES string of the molecule is CCOC=CC=O. The van der Waals surface area contributed by atoms with Gasteiger partial charge in [-0.05, 0) is 6.92 Å². The molecule has 0 unspecified atom stereocenters. The lowest BCUT2D eigenvalue weighted by Crippen LogP contribution is -1.75. The van der Waals surface area contributed by atoms with Crippen molar-refractivity contribution in [2.24, 2.45) is 0 Å². The largest absolute Gasteiger partial charge is 0.501 e. The van der Waals surface area contributed by atoms with E-state index in [1.54, 1.807) is 0 Å². The highest BCUT2D eigenvalue weighted by atomic mass is 16.5. The van der Waals surface area contributed by atoms with Crippen LogP contribution in [0.5, 0.6) is 0 Å². The number of rotatable bonds is 3. The normalized spacial score (nSPS) is 9.29. The van der Waals surface area contributed by atoms with Crippen LogP contribution in [0.2, 0.25) is 0 Å². The smallest absolute Gasteiger partial charge is 0.145 e. The van der Waals surface area contributed by atoms with Crippen LogP contribution in [-0.2, 0) is 9.53 Å². The summed E-state index contributed by atoms with van der Waals surface area (Å²) >= 11 is 0. The minimum absolute atomic E-state index is 0.615. The van der Waals surface area contributed by atoms with Crippen LogP contribution < -0.4 is 0 Å². The number of allylic oxidation sites excluding steroid dienone is 1. The Morgan fingerprint density at radius 2 is 2.43 bits per heavy atom. The molecule has 2 nitrogen and oxygen atoms in total. The number of ether oxygens (including phenoxy) is 1. The second-order valence-electron chi connectivity index (χ2n) is 0.920. The highest BCUT2D eigenvalue weighted by Gasteiger charge is 1.64. The maximum absolute atomic E-state index is 9.51. The second kappa shape index (κ2) is 5.21. The lowest BCUT2D eigenvalue weighted by Gasteiger charge is -1.86. The fourth-order valence-corrected chi connectivity index (χ4v) is 0.184. The Morgan fingerprint density at radius 3 is 2.86 bits per heavy atom. The molecule has 7 heavy (non-hydrogen) atoms. The van der Waals surface area contributed by atoms with Crippen LogP contribution in [-0.4, -0.2) is 12.9 Å². The van der Waals surface area contributed by atoms with E-state index in [4.69, 9.17) is 0 Å². The second-order valence-corrected chi connectivity index (χ2v) is 0.920. The Labute approximate surface area is 42.8 Å². The summed E-state index contributed by atoms with van der Waals surface area (Å²) in [7, 11) is 0. The first-order valence-corrected chi connectivity index (χ1v) is 2.13. The van der Waals surface area contributed by atoms with Gasteiger partial charge in [0.15, 0.2) is 0 Å². The quantitative estimate of drug-likeness (QED) is 0.297. The van der Waals surface area contributed by atoms with Gasteiger partial charge in [-0.3, -0.25) is 4.79 Å². The molecule has 0 saturated heterocycles. The molecule has 0 saturated carbocycles. The summed E-state index contributed by atoms with van der Waals surface area (Å²) in [5, 5.41) is 0. The topological polar surface area (TPSA) is 26.3 Å². The Bertz CT molecular complexity index is 66.5. The monoisotopic (exact) mass is 100 g/mol. The van der Waals surface area contributed by atoms with Crippen molar-refractivity contribution in [3.63, 3.8) is 0 Å². The zero-order chi connectivity index (χ0) is 5.54. The van der Waals surface area contributed by atoms with Gasteiger partial charge in [-0.15, -0.1) is 0 Å². The number of carbonyl (C=O) groups excluding carboxylic acids is 1. The highest BCUT2D eigenvalue weighted by molar-refractivity contribution is 5.64.